The molecular weight excluding hydrogens is 380 g/mol. The summed E-state index contributed by atoms with van der Waals surface area (Å²) < 4.78 is 0. The average Bonchev–Trinajstić information content (AvgIpc) is 3.25. The Labute approximate surface area is 175 Å². The van der Waals surface area contributed by atoms with Gasteiger partial charge in [0, 0.05) is 57.5 Å². The third-order valence-corrected chi connectivity index (χ3v) is 6.95. The maximum absolute atomic E-state index is 12.6. The van der Waals surface area contributed by atoms with Gasteiger partial charge in [0.25, 0.3) is 0 Å². The van der Waals surface area contributed by atoms with Crippen molar-refractivity contribution in [3.05, 3.63) is 53.9 Å². The number of amides is 3. The number of pyridine rings is 1. The van der Waals surface area contributed by atoms with Crippen LogP contribution >= 0.6 is 0 Å². The number of carbonyl (C=O) groups is 2. The minimum atomic E-state index is 0.00550. The van der Waals surface area contributed by atoms with Crippen molar-refractivity contribution in [2.75, 3.05) is 19.6 Å². The van der Waals surface area contributed by atoms with E-state index in [0.29, 0.717) is 30.8 Å². The standard InChI is InChI=1S/C22H26N6O2/c29-20(7-16-9-24-15-25-10-16)27-5-2-22(3-6-27)8-19(22)12-26-21(30)28-13-17-1-4-23-11-18(17)14-28/h1,4,9-11,15,19H,2-3,5-8,12-14H2,(H,26,30). The molecule has 8 nitrogen and oxygen atoms in total. The maximum Gasteiger partial charge on any atom is 0.318 e. The number of nitrogens with zero attached hydrogens (tertiary/aromatic N) is 5. The van der Waals surface area contributed by atoms with Crippen LogP contribution in [0.2, 0.25) is 0 Å². The van der Waals surface area contributed by atoms with Gasteiger partial charge in [-0.2, -0.15) is 0 Å². The molecule has 1 atom stereocenters. The van der Waals surface area contributed by atoms with E-state index in [1.807, 2.05) is 22.1 Å². The quantitative estimate of drug-likeness (QED) is 0.836. The minimum absolute atomic E-state index is 0.00550. The highest BCUT2D eigenvalue weighted by Crippen LogP contribution is 2.59. The van der Waals surface area contributed by atoms with Crippen molar-refractivity contribution in [2.24, 2.45) is 11.3 Å². The van der Waals surface area contributed by atoms with Crippen molar-refractivity contribution in [3.8, 4) is 0 Å². The van der Waals surface area contributed by atoms with E-state index < -0.39 is 0 Å². The fourth-order valence-corrected chi connectivity index (χ4v) is 4.93. The number of rotatable bonds is 4. The molecule has 2 fully saturated rings. The number of urea groups is 1. The van der Waals surface area contributed by atoms with Crippen LogP contribution in [0.15, 0.2) is 37.2 Å². The third kappa shape index (κ3) is 3.74. The van der Waals surface area contributed by atoms with E-state index in [1.54, 1.807) is 18.6 Å². The van der Waals surface area contributed by atoms with E-state index in [2.05, 4.69) is 20.3 Å². The van der Waals surface area contributed by atoms with Gasteiger partial charge in [0.05, 0.1) is 6.42 Å². The van der Waals surface area contributed by atoms with Crippen molar-refractivity contribution in [1.82, 2.24) is 30.1 Å². The summed E-state index contributed by atoms with van der Waals surface area (Å²) in [5, 5.41) is 3.13. The number of nitrogens with one attached hydrogen (secondary N) is 1. The Morgan fingerprint density at radius 2 is 1.80 bits per heavy atom. The number of fused-ring (bicyclic) bond motifs is 1. The molecule has 8 heteroatoms. The molecule has 1 unspecified atom stereocenters. The van der Waals surface area contributed by atoms with E-state index >= 15 is 0 Å². The summed E-state index contributed by atoms with van der Waals surface area (Å²) in [4.78, 5) is 41.0. The lowest BCUT2D eigenvalue weighted by Crippen LogP contribution is -2.41. The van der Waals surface area contributed by atoms with Crippen LogP contribution in [0, 0.1) is 11.3 Å². The van der Waals surface area contributed by atoms with Crippen LogP contribution in [0.5, 0.6) is 0 Å². The predicted octanol–water partition coefficient (Wildman–Crippen LogP) is 1.77. The molecule has 1 N–H and O–H groups in total. The molecule has 156 valence electrons. The largest absolute Gasteiger partial charge is 0.342 e. The molecule has 1 spiro atoms. The first-order valence-corrected chi connectivity index (χ1v) is 10.6. The normalized spacial score (nSPS) is 21.4. The fraction of sp³-hybridized carbons (Fsp3) is 0.500. The smallest absolute Gasteiger partial charge is 0.318 e. The SMILES string of the molecule is O=C(Cc1cncnc1)N1CCC2(CC1)CC2CNC(=O)N1Cc2ccncc2C1. The summed E-state index contributed by atoms with van der Waals surface area (Å²) in [7, 11) is 0. The number of likely N-dealkylation sites (tertiary alicyclic amines) is 1. The zero-order valence-corrected chi connectivity index (χ0v) is 17.0. The Morgan fingerprint density at radius 3 is 2.57 bits per heavy atom. The summed E-state index contributed by atoms with van der Waals surface area (Å²) in [5.41, 5.74) is 3.48. The van der Waals surface area contributed by atoms with E-state index in [-0.39, 0.29) is 11.9 Å². The van der Waals surface area contributed by atoms with Gasteiger partial charge in [-0.1, -0.05) is 0 Å². The van der Waals surface area contributed by atoms with E-state index in [1.165, 1.54) is 11.9 Å². The Balaban J connectivity index is 1.06. The molecule has 3 amide bonds. The summed E-state index contributed by atoms with van der Waals surface area (Å²) in [6, 6.07) is 1.99. The molecule has 5 rings (SSSR count). The van der Waals surface area contributed by atoms with Crippen molar-refractivity contribution in [2.45, 2.75) is 38.8 Å². The molecule has 1 aliphatic carbocycles. The number of hydrogen-bond donors (Lipinski definition) is 1. The Kier molecular flexibility index (Phi) is 4.84. The van der Waals surface area contributed by atoms with Crippen LogP contribution in [0.1, 0.15) is 36.0 Å². The van der Waals surface area contributed by atoms with Crippen LogP contribution in [0.3, 0.4) is 0 Å². The molecule has 30 heavy (non-hydrogen) atoms. The summed E-state index contributed by atoms with van der Waals surface area (Å²) in [5.74, 6) is 0.668. The molecule has 2 aromatic rings. The highest BCUT2D eigenvalue weighted by atomic mass is 16.2. The first-order valence-electron chi connectivity index (χ1n) is 10.6. The first-order chi connectivity index (χ1) is 14.6. The van der Waals surface area contributed by atoms with Gasteiger partial charge < -0.3 is 15.1 Å². The van der Waals surface area contributed by atoms with Crippen LogP contribution in [-0.2, 0) is 24.3 Å². The molecule has 0 bridgehead atoms. The lowest BCUT2D eigenvalue weighted by molar-refractivity contribution is -0.132. The van der Waals surface area contributed by atoms with Crippen LogP contribution in [-0.4, -0.2) is 56.3 Å². The number of hydrogen-bond acceptors (Lipinski definition) is 5. The van der Waals surface area contributed by atoms with Gasteiger partial charge in [-0.05, 0) is 53.4 Å². The summed E-state index contributed by atoms with van der Waals surface area (Å²) in [6.07, 6.45) is 12.0. The van der Waals surface area contributed by atoms with Crippen LogP contribution in [0.25, 0.3) is 0 Å². The Morgan fingerprint density at radius 1 is 1.03 bits per heavy atom. The monoisotopic (exact) mass is 406 g/mol. The van der Waals surface area contributed by atoms with Gasteiger partial charge >= 0.3 is 6.03 Å². The maximum atomic E-state index is 12.6. The highest BCUT2D eigenvalue weighted by Gasteiger charge is 2.54. The van der Waals surface area contributed by atoms with Gasteiger partial charge in [0.1, 0.15) is 6.33 Å². The lowest BCUT2D eigenvalue weighted by atomic mass is 9.90. The second-order valence-electron chi connectivity index (χ2n) is 8.75. The van der Waals surface area contributed by atoms with Gasteiger partial charge in [0.15, 0.2) is 0 Å². The van der Waals surface area contributed by atoms with E-state index in [9.17, 15) is 9.59 Å². The van der Waals surface area contributed by atoms with Crippen LogP contribution in [0.4, 0.5) is 4.79 Å². The van der Waals surface area contributed by atoms with Gasteiger partial charge in [-0.15, -0.1) is 0 Å². The van der Waals surface area contributed by atoms with Gasteiger partial charge in [-0.25, -0.2) is 14.8 Å². The molecular formula is C22H26N6O2. The second kappa shape index (κ2) is 7.66. The van der Waals surface area contributed by atoms with Crippen molar-refractivity contribution in [3.63, 3.8) is 0 Å². The number of carbonyl (C=O) groups excluding carboxylic acids is 2. The molecule has 1 saturated carbocycles. The minimum Gasteiger partial charge on any atom is -0.342 e. The predicted molar refractivity (Wildman–Crippen MR) is 109 cm³/mol. The summed E-state index contributed by atoms with van der Waals surface area (Å²) in [6.45, 7) is 3.60. The van der Waals surface area contributed by atoms with Crippen molar-refractivity contribution in [1.29, 1.82) is 0 Å². The molecule has 4 heterocycles. The molecule has 3 aliphatic rings. The molecule has 0 radical (unpaired) electrons. The van der Waals surface area contributed by atoms with Crippen molar-refractivity contribution < 1.29 is 9.59 Å². The zero-order chi connectivity index (χ0) is 20.6. The zero-order valence-electron chi connectivity index (χ0n) is 17.0. The average molecular weight is 406 g/mol. The van der Waals surface area contributed by atoms with Gasteiger partial charge in [-0.3, -0.25) is 9.78 Å². The second-order valence-corrected chi connectivity index (χ2v) is 8.75. The van der Waals surface area contributed by atoms with E-state index in [0.717, 1.165) is 50.0 Å². The number of aromatic nitrogens is 3. The molecule has 2 aromatic heterocycles. The first kappa shape index (κ1) is 19.0. The Bertz CT molecular complexity index is 917. The number of piperidine rings is 1. The Hall–Kier alpha value is -3.03. The van der Waals surface area contributed by atoms with Crippen LogP contribution < -0.4 is 5.32 Å². The van der Waals surface area contributed by atoms with E-state index in [4.69, 9.17) is 0 Å². The van der Waals surface area contributed by atoms with Gasteiger partial charge in [0.2, 0.25) is 5.91 Å². The topological polar surface area (TPSA) is 91.3 Å². The fourth-order valence-electron chi connectivity index (χ4n) is 4.93. The lowest BCUT2D eigenvalue weighted by Gasteiger charge is -2.33. The molecule has 0 aromatic carbocycles. The third-order valence-electron chi connectivity index (χ3n) is 6.95. The highest BCUT2D eigenvalue weighted by molar-refractivity contribution is 5.78. The molecule has 1 saturated heterocycles. The van der Waals surface area contributed by atoms with Crippen molar-refractivity contribution >= 4 is 11.9 Å². The summed E-state index contributed by atoms with van der Waals surface area (Å²) >= 11 is 0. The molecule has 2 aliphatic heterocycles.